The topological polar surface area (TPSA) is 268 Å². The third-order valence-electron chi connectivity index (χ3n) is 15.6. The number of nitrogens with one attached hydrogen (secondary N) is 4. The SMILES string of the molecule is C=CC(=O)NC1CN(C(=O)C2CCC(Oc3cc(OC)c(Cl)c(N4Cc5cnc(N[C@@H]6CC[C@@H](C(=O)OCC)C[C@@H]6NC(=O)C=C)nc5N(C)C4=O)c3Cl)CN2C)CC1Nc1ncc2c(n1)N(C)C(=O)N(c1c(Cl)c(OC)cc(OC)c1Cl)C2. The van der Waals surface area contributed by atoms with E-state index in [1.165, 1.54) is 53.1 Å². The average Bonchev–Trinajstić information content (AvgIpc) is 1.71. The van der Waals surface area contributed by atoms with Crippen molar-refractivity contribution in [3.8, 4) is 23.0 Å². The number of amides is 7. The number of fused-ring (bicyclic) bond motifs is 2. The normalized spacial score (nSPS) is 22.3. The van der Waals surface area contributed by atoms with E-state index in [9.17, 15) is 28.8 Å². The van der Waals surface area contributed by atoms with Crippen LogP contribution >= 0.6 is 46.4 Å². The maximum atomic E-state index is 14.5. The molecule has 0 bridgehead atoms. The van der Waals surface area contributed by atoms with Crippen molar-refractivity contribution < 1.29 is 52.5 Å². The van der Waals surface area contributed by atoms with Gasteiger partial charge in [0.05, 0.1) is 82.5 Å². The lowest BCUT2D eigenvalue weighted by molar-refractivity contribution is -0.149. The van der Waals surface area contributed by atoms with Crippen molar-refractivity contribution in [1.82, 2.24) is 40.4 Å². The molecular formula is C55H64Cl4N14O11. The van der Waals surface area contributed by atoms with Crippen LogP contribution in [0.4, 0.5) is 44.5 Å². The Balaban J connectivity index is 0.860. The van der Waals surface area contributed by atoms with Crippen LogP contribution in [0.25, 0.3) is 0 Å². The quantitative estimate of drug-likeness (QED) is 0.0596. The number of benzene rings is 2. The number of hydrogen-bond acceptors (Lipinski definition) is 18. The molecule has 0 spiro atoms. The van der Waals surface area contributed by atoms with E-state index in [-0.39, 0.29) is 117 Å². The van der Waals surface area contributed by atoms with Crippen LogP contribution in [0.3, 0.4) is 0 Å². The van der Waals surface area contributed by atoms with Gasteiger partial charge in [0, 0.05) is 75.4 Å². The molecule has 3 fully saturated rings. The fourth-order valence-corrected chi connectivity index (χ4v) is 12.6. The standard InChI is InChI=1S/C55H64Cl4N14O11/c1-10-40(74)62-32-17-27(51(77)83-12-3)13-15-31(32)64-52-60-20-28-23-73(55(79)69(5)48(28)66-52)47-44(58)38(82-9)19-39(45(47)59)84-30-14-16-35(68(4)24-30)50(76)71-25-33(63-41(75)11-2)34(26-71)65-53-61-21-29-22-72(54(78)70(6)49(29)67-53)46-42(56)36(80-7)18-37(81-8)43(46)57/h10-11,18-21,27,30-35H,1-2,12-17,22-26H2,3-9H3,(H,62,74)(H,63,75)(H,60,64,66)(H,61,65,67)/t27-,30?,31-,32+,33?,34?,35?/m1/s1. The molecule has 4 aromatic rings. The Morgan fingerprint density at radius 2 is 1.14 bits per heavy atom. The van der Waals surface area contributed by atoms with Gasteiger partial charge in [-0.3, -0.25) is 43.7 Å². The number of carbonyl (C=O) groups excluding carboxylic acids is 6. The fourth-order valence-electron chi connectivity index (χ4n) is 11.2. The van der Waals surface area contributed by atoms with Gasteiger partial charge in [0.2, 0.25) is 29.6 Å². The van der Waals surface area contributed by atoms with Gasteiger partial charge >= 0.3 is 18.0 Å². The van der Waals surface area contributed by atoms with Gasteiger partial charge in [-0.1, -0.05) is 59.6 Å². The zero-order valence-electron chi connectivity index (χ0n) is 47.2. The van der Waals surface area contributed by atoms with Crippen molar-refractivity contribution in [2.24, 2.45) is 5.92 Å². The van der Waals surface area contributed by atoms with E-state index in [0.29, 0.717) is 61.4 Å². The Morgan fingerprint density at radius 3 is 1.64 bits per heavy atom. The van der Waals surface area contributed by atoms with Crippen LogP contribution in [0.15, 0.2) is 49.8 Å². The largest absolute Gasteiger partial charge is 0.495 e. The minimum Gasteiger partial charge on any atom is -0.495 e. The lowest BCUT2D eigenvalue weighted by atomic mass is 9.82. The van der Waals surface area contributed by atoms with E-state index in [0.717, 1.165) is 6.08 Å². The number of nitrogens with zero attached hydrogens (tertiary/aromatic N) is 10. The fraction of sp³-hybridized carbons (Fsp3) is 0.455. The first kappa shape index (κ1) is 61.0. The number of ether oxygens (including phenoxy) is 5. The number of esters is 1. The average molecular weight is 1240 g/mol. The first-order valence-electron chi connectivity index (χ1n) is 26.9. The van der Waals surface area contributed by atoms with Crippen LogP contribution in [0, 0.1) is 5.92 Å². The van der Waals surface area contributed by atoms with Crippen LogP contribution in [0.2, 0.25) is 20.1 Å². The highest BCUT2D eigenvalue weighted by atomic mass is 35.5. The smallest absolute Gasteiger partial charge is 0.330 e. The molecule has 4 N–H and O–H groups in total. The molecule has 0 radical (unpaired) electrons. The molecule has 9 rings (SSSR count). The van der Waals surface area contributed by atoms with Gasteiger partial charge in [0.25, 0.3) is 0 Å². The van der Waals surface area contributed by atoms with Gasteiger partial charge in [-0.2, -0.15) is 9.97 Å². The van der Waals surface area contributed by atoms with Gasteiger partial charge < -0.3 is 49.9 Å². The predicted octanol–water partition coefficient (Wildman–Crippen LogP) is 6.71. The Labute approximate surface area is 504 Å². The second-order valence-electron chi connectivity index (χ2n) is 20.7. The highest BCUT2D eigenvalue weighted by molar-refractivity contribution is 6.43. The number of halogens is 4. The van der Waals surface area contributed by atoms with Crippen molar-refractivity contribution in [2.75, 3.05) is 98.9 Å². The monoisotopic (exact) mass is 1240 g/mol. The van der Waals surface area contributed by atoms with E-state index in [4.69, 9.17) is 80.1 Å². The van der Waals surface area contributed by atoms with Gasteiger partial charge in [0.1, 0.15) is 60.8 Å². The lowest BCUT2D eigenvalue weighted by Gasteiger charge is -2.38. The summed E-state index contributed by atoms with van der Waals surface area (Å²) in [6, 6.07) is -0.452. The highest BCUT2D eigenvalue weighted by Crippen LogP contribution is 2.50. The molecule has 1 aliphatic carbocycles. The van der Waals surface area contributed by atoms with Crippen molar-refractivity contribution in [2.45, 2.75) is 88.4 Å². The maximum absolute atomic E-state index is 14.5. The van der Waals surface area contributed by atoms with Crippen LogP contribution in [-0.4, -0.2) is 171 Å². The third-order valence-corrected chi connectivity index (χ3v) is 17.0. The summed E-state index contributed by atoms with van der Waals surface area (Å²) in [7, 11) is 9.24. The molecule has 7 amide bonds. The first-order valence-corrected chi connectivity index (χ1v) is 28.4. The number of aromatic nitrogens is 4. The molecule has 25 nitrogen and oxygen atoms in total. The van der Waals surface area contributed by atoms with Gasteiger partial charge in [-0.15, -0.1) is 0 Å². The number of urea groups is 2. The summed E-state index contributed by atoms with van der Waals surface area (Å²) in [5.74, 6) is 0.195. The molecule has 5 aliphatic rings. The molecule has 4 unspecified atom stereocenters. The molecule has 84 heavy (non-hydrogen) atoms. The summed E-state index contributed by atoms with van der Waals surface area (Å²) in [6.07, 6.45) is 7.17. The molecule has 7 atom stereocenters. The summed E-state index contributed by atoms with van der Waals surface area (Å²) in [5.41, 5.74) is 1.47. The molecular weight excluding hydrogens is 1170 g/mol. The number of hydrogen-bond donors (Lipinski definition) is 4. The number of likely N-dealkylation sites (tertiary alicyclic amines) is 2. The Bertz CT molecular complexity index is 3260. The van der Waals surface area contributed by atoms with Crippen LogP contribution in [0.1, 0.15) is 50.2 Å². The molecule has 29 heteroatoms. The highest BCUT2D eigenvalue weighted by Gasteiger charge is 2.44. The molecule has 4 aliphatic heterocycles. The zero-order chi connectivity index (χ0) is 60.4. The number of rotatable bonds is 18. The van der Waals surface area contributed by atoms with Crippen LogP contribution in [0.5, 0.6) is 23.0 Å². The molecule has 448 valence electrons. The van der Waals surface area contributed by atoms with Crippen molar-refractivity contribution in [1.29, 1.82) is 0 Å². The molecule has 1 saturated carbocycles. The van der Waals surface area contributed by atoms with Crippen molar-refractivity contribution in [3.63, 3.8) is 0 Å². The summed E-state index contributed by atoms with van der Waals surface area (Å²) < 4.78 is 28.4. The molecule has 2 aromatic carbocycles. The van der Waals surface area contributed by atoms with Gasteiger partial charge in [0.15, 0.2) is 0 Å². The van der Waals surface area contributed by atoms with Gasteiger partial charge in [-0.25, -0.2) is 19.6 Å². The van der Waals surface area contributed by atoms with Crippen LogP contribution in [-0.2, 0) is 37.0 Å². The summed E-state index contributed by atoms with van der Waals surface area (Å²) in [4.78, 5) is 108. The molecule has 2 aromatic heterocycles. The Kier molecular flexibility index (Phi) is 18.7. The minimum absolute atomic E-state index is 0.0134. The lowest BCUT2D eigenvalue weighted by Crippen LogP contribution is -2.53. The van der Waals surface area contributed by atoms with E-state index < -0.39 is 60.1 Å². The summed E-state index contributed by atoms with van der Waals surface area (Å²) >= 11 is 27.5. The van der Waals surface area contributed by atoms with E-state index in [2.05, 4.69) is 44.4 Å². The number of likely N-dealkylation sites (N-methyl/N-ethyl adjacent to an activating group) is 1. The van der Waals surface area contributed by atoms with E-state index in [1.807, 2.05) is 11.9 Å². The van der Waals surface area contributed by atoms with Gasteiger partial charge in [-0.05, 0) is 58.2 Å². The van der Waals surface area contributed by atoms with Crippen LogP contribution < -0.4 is 59.8 Å². The second-order valence-corrected chi connectivity index (χ2v) is 22.2. The summed E-state index contributed by atoms with van der Waals surface area (Å²) in [6.45, 7) is 9.78. The second kappa shape index (κ2) is 25.7. The number of methoxy groups -OCH3 is 3. The Morgan fingerprint density at radius 1 is 0.655 bits per heavy atom. The number of carbonyl (C=O) groups is 6. The molecule has 2 saturated heterocycles. The minimum atomic E-state index is -0.585. The first-order chi connectivity index (χ1) is 40.2. The van der Waals surface area contributed by atoms with Crippen molar-refractivity contribution >= 4 is 117 Å². The predicted molar refractivity (Wildman–Crippen MR) is 316 cm³/mol. The third kappa shape index (κ3) is 12.2. The number of piperidine rings is 1. The Hall–Kier alpha value is -7.58. The van der Waals surface area contributed by atoms with E-state index in [1.54, 1.807) is 44.4 Å². The maximum Gasteiger partial charge on any atom is 0.330 e. The zero-order valence-corrected chi connectivity index (χ0v) is 50.2. The van der Waals surface area contributed by atoms with E-state index >= 15 is 0 Å². The van der Waals surface area contributed by atoms with Crippen molar-refractivity contribution in [3.05, 3.63) is 81.1 Å². The number of anilines is 6. The molecule has 6 heterocycles. The summed E-state index contributed by atoms with van der Waals surface area (Å²) in [5, 5.41) is 12.8.